The van der Waals surface area contributed by atoms with Gasteiger partial charge in [0, 0.05) is 15.0 Å². The number of ether oxygens (including phenoxy) is 1. The second-order valence-electron chi connectivity index (χ2n) is 9.84. The van der Waals surface area contributed by atoms with Gasteiger partial charge < -0.3 is 4.74 Å². The van der Waals surface area contributed by atoms with Crippen molar-refractivity contribution in [1.82, 2.24) is 0 Å². The lowest BCUT2D eigenvalue weighted by Crippen LogP contribution is -2.58. The molecule has 1 saturated heterocycles. The van der Waals surface area contributed by atoms with Crippen LogP contribution in [-0.4, -0.2) is 28.6 Å². The number of halogens is 1. The lowest BCUT2D eigenvalue weighted by molar-refractivity contribution is -0.535. The summed E-state index contributed by atoms with van der Waals surface area (Å²) in [6.45, 7) is 5.06. The molecule has 37 heavy (non-hydrogen) atoms. The number of hydrogen-bond acceptors (Lipinski definition) is 7. The molecule has 2 amide bonds. The molecule has 10 heteroatoms. The topological polar surface area (TPSA) is 102 Å². The van der Waals surface area contributed by atoms with Crippen molar-refractivity contribution in [3.63, 3.8) is 0 Å². The zero-order chi connectivity index (χ0) is 26.5. The molecule has 0 unspecified atom stereocenters. The molecule has 0 saturated carbocycles. The average Bonchev–Trinajstić information content (AvgIpc) is 3.33. The van der Waals surface area contributed by atoms with Gasteiger partial charge in [-0.2, -0.15) is 0 Å². The molecule has 190 valence electrons. The number of nitrogens with zero attached hydrogens (tertiary/aromatic N) is 3. The fraction of sp³-hybridized carbons (Fsp3) is 0.259. The molecule has 2 heterocycles. The first kappa shape index (κ1) is 24.9. The molecule has 9 nitrogen and oxygen atoms in total. The van der Waals surface area contributed by atoms with Crippen molar-refractivity contribution < 1.29 is 24.1 Å². The van der Waals surface area contributed by atoms with Gasteiger partial charge in [-0.25, -0.2) is 14.8 Å². The minimum Gasteiger partial charge on any atom is -0.443 e. The predicted molar refractivity (Wildman–Crippen MR) is 140 cm³/mol. The number of hydrogen-bond donors (Lipinski definition) is 0. The first-order chi connectivity index (χ1) is 17.6. The van der Waals surface area contributed by atoms with Crippen LogP contribution in [0.3, 0.4) is 0 Å². The Hall–Kier alpha value is -3.76. The van der Waals surface area contributed by atoms with E-state index in [0.29, 0.717) is 11.3 Å². The van der Waals surface area contributed by atoms with Crippen LogP contribution in [0.15, 0.2) is 83.3 Å². The molecule has 3 atom stereocenters. The number of anilines is 2. The van der Waals surface area contributed by atoms with E-state index in [9.17, 15) is 19.7 Å². The molecule has 3 aromatic rings. The fourth-order valence-corrected chi connectivity index (χ4v) is 5.20. The minimum atomic E-state index is -1.98. The van der Waals surface area contributed by atoms with E-state index in [2.05, 4.69) is 15.9 Å². The van der Waals surface area contributed by atoms with Crippen molar-refractivity contribution in [2.75, 3.05) is 9.96 Å². The number of carbonyl (C=O) groups excluding carboxylic acids is 2. The van der Waals surface area contributed by atoms with E-state index in [0.717, 1.165) is 9.37 Å². The minimum absolute atomic E-state index is 0.216. The monoisotopic (exact) mass is 565 g/mol. The van der Waals surface area contributed by atoms with E-state index in [1.807, 2.05) is 0 Å². The first-order valence-electron chi connectivity index (χ1n) is 11.6. The van der Waals surface area contributed by atoms with Crippen LogP contribution < -0.4 is 9.96 Å². The molecule has 0 aromatic heterocycles. The van der Waals surface area contributed by atoms with E-state index < -0.39 is 40.2 Å². The second-order valence-corrected chi connectivity index (χ2v) is 10.8. The quantitative estimate of drug-likeness (QED) is 0.293. The highest BCUT2D eigenvalue weighted by Gasteiger charge is 2.74. The van der Waals surface area contributed by atoms with Crippen LogP contribution in [0.1, 0.15) is 38.0 Å². The highest BCUT2D eigenvalue weighted by Crippen LogP contribution is 2.56. The van der Waals surface area contributed by atoms with Gasteiger partial charge >= 0.3 is 6.09 Å². The van der Waals surface area contributed by atoms with Crippen LogP contribution in [-0.2, 0) is 19.9 Å². The molecule has 0 bridgehead atoms. The number of fused-ring (bicyclic) bond motifs is 2. The van der Waals surface area contributed by atoms with Crippen LogP contribution in [0.25, 0.3) is 0 Å². The number of benzene rings is 3. The summed E-state index contributed by atoms with van der Waals surface area (Å²) in [4.78, 5) is 47.3. The summed E-state index contributed by atoms with van der Waals surface area (Å²) in [5, 5.41) is 14.1. The maximum absolute atomic E-state index is 14.4. The summed E-state index contributed by atoms with van der Waals surface area (Å²) < 4.78 is 6.33. The standard InChI is InChI=1S/C27H24BrN3O6/c1-26(2,3)36-25(33)29-21-12-8-7-11-20(21)27(24(29)32)23(31(34)35)22(17-9-5-4-6-10-17)37-30(27)19-15-13-18(28)14-16-19/h4-16,22-23H,1-3H3/t22-,23-,27-/m0/s1. The summed E-state index contributed by atoms with van der Waals surface area (Å²) in [7, 11) is 0. The van der Waals surface area contributed by atoms with E-state index >= 15 is 0 Å². The number of para-hydroxylation sites is 1. The van der Waals surface area contributed by atoms with Crippen LogP contribution >= 0.6 is 15.9 Å². The summed E-state index contributed by atoms with van der Waals surface area (Å²) >= 11 is 3.40. The molecule has 1 spiro atoms. The van der Waals surface area contributed by atoms with Gasteiger partial charge in [-0.05, 0) is 56.7 Å². The highest BCUT2D eigenvalue weighted by molar-refractivity contribution is 9.10. The van der Waals surface area contributed by atoms with Crippen molar-refractivity contribution in [1.29, 1.82) is 0 Å². The van der Waals surface area contributed by atoms with Crippen molar-refractivity contribution in [3.05, 3.63) is 105 Å². The lowest BCUT2D eigenvalue weighted by atomic mass is 9.80. The maximum Gasteiger partial charge on any atom is 0.421 e. The summed E-state index contributed by atoms with van der Waals surface area (Å²) in [6.07, 6.45) is -2.03. The van der Waals surface area contributed by atoms with Gasteiger partial charge in [-0.15, -0.1) is 0 Å². The summed E-state index contributed by atoms with van der Waals surface area (Å²) in [5.41, 5.74) is -1.42. The van der Waals surface area contributed by atoms with Gasteiger partial charge in [0.1, 0.15) is 5.60 Å². The Morgan fingerprint density at radius 3 is 2.27 bits per heavy atom. The van der Waals surface area contributed by atoms with Gasteiger partial charge in [0.25, 0.3) is 11.9 Å². The van der Waals surface area contributed by atoms with E-state index in [4.69, 9.17) is 9.57 Å². The van der Waals surface area contributed by atoms with Gasteiger partial charge in [-0.1, -0.05) is 64.5 Å². The molecule has 2 aliphatic heterocycles. The van der Waals surface area contributed by atoms with Crippen LogP contribution in [0.4, 0.5) is 16.2 Å². The number of hydroxylamine groups is 1. The number of imide groups is 1. The third-order valence-corrected chi connectivity index (χ3v) is 6.86. The van der Waals surface area contributed by atoms with Gasteiger partial charge in [0.05, 0.1) is 11.4 Å². The number of rotatable bonds is 3. The predicted octanol–water partition coefficient (Wildman–Crippen LogP) is 5.76. The Kier molecular flexibility index (Phi) is 6.04. The molecule has 2 aliphatic rings. The highest BCUT2D eigenvalue weighted by atomic mass is 79.9. The van der Waals surface area contributed by atoms with Crippen LogP contribution in [0, 0.1) is 10.1 Å². The molecular formula is C27H24BrN3O6. The molecular weight excluding hydrogens is 542 g/mol. The van der Waals surface area contributed by atoms with E-state index in [1.165, 1.54) is 5.06 Å². The van der Waals surface area contributed by atoms with Crippen molar-refractivity contribution in [3.8, 4) is 0 Å². The molecule has 0 N–H and O–H groups in total. The molecule has 3 aromatic carbocycles. The summed E-state index contributed by atoms with van der Waals surface area (Å²) in [6, 6.07) is 20.6. The van der Waals surface area contributed by atoms with Crippen LogP contribution in [0.5, 0.6) is 0 Å². The lowest BCUT2D eigenvalue weighted by Gasteiger charge is -2.33. The Morgan fingerprint density at radius 2 is 1.65 bits per heavy atom. The summed E-state index contributed by atoms with van der Waals surface area (Å²) in [5.74, 6) is -0.814. The number of amides is 2. The average molecular weight is 566 g/mol. The SMILES string of the molecule is CC(C)(C)OC(=O)N1C(=O)[C@]2(c3ccccc31)[C@@H]([N+](=O)[O-])[C@H](c1ccccc1)ON2c1ccc(Br)cc1. The van der Waals surface area contributed by atoms with Crippen LogP contribution in [0.2, 0.25) is 0 Å². The zero-order valence-corrected chi connectivity index (χ0v) is 21.9. The van der Waals surface area contributed by atoms with E-state index in [-0.39, 0.29) is 11.3 Å². The van der Waals surface area contributed by atoms with Gasteiger partial charge in [0.2, 0.25) is 5.54 Å². The molecule has 0 radical (unpaired) electrons. The number of carbonyl (C=O) groups is 2. The third kappa shape index (κ3) is 3.96. The van der Waals surface area contributed by atoms with Crippen molar-refractivity contribution in [2.45, 2.75) is 44.1 Å². The fourth-order valence-electron chi connectivity index (χ4n) is 4.94. The Balaban J connectivity index is 1.78. The van der Waals surface area contributed by atoms with Crippen molar-refractivity contribution >= 4 is 39.3 Å². The Morgan fingerprint density at radius 1 is 1.03 bits per heavy atom. The van der Waals surface area contributed by atoms with Gasteiger partial charge in [0.15, 0.2) is 6.10 Å². The smallest absolute Gasteiger partial charge is 0.421 e. The Bertz CT molecular complexity index is 1370. The second kappa shape index (κ2) is 8.97. The number of nitro groups is 1. The first-order valence-corrected chi connectivity index (χ1v) is 12.4. The molecule has 5 rings (SSSR count). The largest absolute Gasteiger partial charge is 0.443 e. The van der Waals surface area contributed by atoms with E-state index in [1.54, 1.807) is 99.6 Å². The normalized spacial score (nSPS) is 22.9. The van der Waals surface area contributed by atoms with Crippen molar-refractivity contribution in [2.24, 2.45) is 0 Å². The Labute approximate surface area is 221 Å². The third-order valence-electron chi connectivity index (χ3n) is 6.33. The van der Waals surface area contributed by atoms with Gasteiger partial charge in [-0.3, -0.25) is 19.7 Å². The maximum atomic E-state index is 14.4. The molecule has 1 fully saturated rings. The molecule has 0 aliphatic carbocycles. The zero-order valence-electron chi connectivity index (χ0n) is 20.3.